The fourth-order valence-electron chi connectivity index (χ4n) is 11.3. The minimum absolute atomic E-state index is 0.0259. The molecule has 0 spiro atoms. The van der Waals surface area contributed by atoms with Crippen LogP contribution in [0.3, 0.4) is 0 Å². The van der Waals surface area contributed by atoms with Crippen LogP contribution in [0.15, 0.2) is 140 Å². The van der Waals surface area contributed by atoms with Gasteiger partial charge in [-0.3, -0.25) is 0 Å². The number of fused-ring (bicyclic) bond motifs is 5. The summed E-state index contributed by atoms with van der Waals surface area (Å²) < 4.78 is 14.0. The molecule has 3 aliphatic carbocycles. The number of para-hydroxylation sites is 1. The fraction of sp³-hybridized carbons (Fsp3) is 0.424. The highest BCUT2D eigenvalue weighted by Gasteiger charge is 2.40. The quantitative estimate of drug-likeness (QED) is 0.142. The lowest BCUT2D eigenvalue weighted by Gasteiger charge is -2.42. The van der Waals surface area contributed by atoms with Gasteiger partial charge in [-0.1, -0.05) is 160 Å². The number of furan rings is 2. The summed E-state index contributed by atoms with van der Waals surface area (Å²) in [5.41, 5.74) is 17.3. The third-order valence-corrected chi connectivity index (χ3v) is 15.7. The molecule has 0 bridgehead atoms. The smallest absolute Gasteiger partial charge is 0.287 e. The first-order valence-corrected chi connectivity index (χ1v) is 24.0. The Morgan fingerprint density at radius 1 is 0.719 bits per heavy atom. The number of anilines is 1. The van der Waals surface area contributed by atoms with E-state index >= 15 is 0 Å². The van der Waals surface area contributed by atoms with E-state index in [-0.39, 0.29) is 39.8 Å². The molecule has 0 aliphatic heterocycles. The normalized spacial score (nSPS) is 20.6. The van der Waals surface area contributed by atoms with Crippen LogP contribution in [0.2, 0.25) is 0 Å². The van der Waals surface area contributed by atoms with E-state index in [1.54, 1.807) is 0 Å². The zero-order chi connectivity index (χ0) is 45.6. The predicted octanol–water partition coefficient (Wildman–Crippen LogP) is 14.5. The van der Waals surface area contributed by atoms with Crippen LogP contribution in [-0.4, -0.2) is 19.3 Å². The van der Waals surface area contributed by atoms with Crippen LogP contribution in [0, 0.1) is 10.8 Å². The summed E-state index contributed by atoms with van der Waals surface area (Å²) in [6, 6.07) is 31.2. The van der Waals surface area contributed by atoms with Gasteiger partial charge in [-0.25, -0.2) is 0 Å². The summed E-state index contributed by atoms with van der Waals surface area (Å²) in [6.07, 6.45) is 12.8. The molecule has 0 radical (unpaired) electrons. The van der Waals surface area contributed by atoms with Gasteiger partial charge >= 0.3 is 0 Å². The molecule has 1 atom stereocenters. The minimum Gasteiger partial charge on any atom is -0.470 e. The molecule has 0 saturated carbocycles. The van der Waals surface area contributed by atoms with E-state index in [9.17, 15) is 0 Å². The highest BCUT2D eigenvalue weighted by atomic mass is 16.3. The number of hydrogen-bond donors (Lipinski definition) is 2. The van der Waals surface area contributed by atoms with Gasteiger partial charge in [0.25, 0.3) is 6.71 Å². The third-order valence-electron chi connectivity index (χ3n) is 15.7. The van der Waals surface area contributed by atoms with E-state index in [0.717, 1.165) is 64.0 Å². The molecule has 64 heavy (non-hydrogen) atoms. The minimum atomic E-state index is -0.159. The summed E-state index contributed by atoms with van der Waals surface area (Å²) in [5, 5.41) is 11.7. The molecule has 5 heteroatoms. The molecular weight excluding hydrogens is 779 g/mol. The third kappa shape index (κ3) is 7.95. The van der Waals surface area contributed by atoms with E-state index < -0.39 is 0 Å². The van der Waals surface area contributed by atoms with Crippen LogP contribution in [0.5, 0.6) is 0 Å². The van der Waals surface area contributed by atoms with Crippen LogP contribution >= 0.6 is 0 Å². The van der Waals surface area contributed by atoms with Crippen LogP contribution in [-0.2, 0) is 16.2 Å². The number of allylic oxidation sites excluding steroid dienone is 4. The molecule has 9 rings (SSSR count). The number of hydrogen-bond acceptors (Lipinski definition) is 4. The zero-order valence-electron chi connectivity index (χ0n) is 41.0. The number of rotatable bonds is 9. The molecule has 6 aromatic rings. The first kappa shape index (κ1) is 44.2. The average Bonchev–Trinajstić information content (AvgIpc) is 3.83. The molecule has 2 N–H and O–H groups in total. The maximum absolute atomic E-state index is 7.22. The molecule has 0 saturated heterocycles. The van der Waals surface area contributed by atoms with Crippen LogP contribution in [0.1, 0.15) is 139 Å². The van der Waals surface area contributed by atoms with Crippen molar-refractivity contribution in [3.8, 4) is 0 Å². The van der Waals surface area contributed by atoms with E-state index in [1.807, 2.05) is 0 Å². The molecule has 0 fully saturated rings. The van der Waals surface area contributed by atoms with E-state index in [4.69, 9.17) is 8.83 Å². The molecule has 2 aromatic heterocycles. The van der Waals surface area contributed by atoms with E-state index in [1.165, 1.54) is 69.0 Å². The van der Waals surface area contributed by atoms with Gasteiger partial charge in [-0.15, -0.1) is 0 Å². The monoisotopic (exact) mass is 851 g/mol. The standard InChI is InChI=1S/C59H71BN2O2/c1-37-32-47(61-31-19-23-42-38(2)56(6,7)27-28-57(42,8)9)53(48(33-37)62-46-26-25-43(55(3,4)5)54-52(46)41-22-17-18-24-49(41)64-54)60(40-20-15-14-16-21-40)51-35-39-34-44-45(36-50(39)63-51)59(12,13)30-29-58(44,10)11/h14-26,33-36,47,61-62H,27-32H2,1-13H3/b23-19-. The topological polar surface area (TPSA) is 50.3 Å². The summed E-state index contributed by atoms with van der Waals surface area (Å²) in [6.45, 7) is 31.3. The highest BCUT2D eigenvalue weighted by molar-refractivity contribution is 6.90. The van der Waals surface area contributed by atoms with Crippen molar-refractivity contribution in [2.75, 3.05) is 11.9 Å². The van der Waals surface area contributed by atoms with Crippen molar-refractivity contribution in [3.63, 3.8) is 0 Å². The molecule has 3 aliphatic rings. The summed E-state index contributed by atoms with van der Waals surface area (Å²) in [7, 11) is 0. The van der Waals surface area contributed by atoms with Crippen LogP contribution < -0.4 is 21.8 Å². The van der Waals surface area contributed by atoms with Gasteiger partial charge in [0, 0.05) is 34.6 Å². The maximum atomic E-state index is 7.22. The van der Waals surface area contributed by atoms with Gasteiger partial charge in [-0.05, 0) is 132 Å². The molecule has 4 nitrogen and oxygen atoms in total. The lowest BCUT2D eigenvalue weighted by molar-refractivity contribution is 0.267. The summed E-state index contributed by atoms with van der Waals surface area (Å²) in [5.74, 6) is 0. The van der Waals surface area contributed by atoms with Crippen molar-refractivity contribution in [2.24, 2.45) is 10.8 Å². The summed E-state index contributed by atoms with van der Waals surface area (Å²) >= 11 is 0. The Hall–Kier alpha value is -5.00. The van der Waals surface area contributed by atoms with Crippen molar-refractivity contribution in [2.45, 2.75) is 144 Å². The van der Waals surface area contributed by atoms with Crippen LogP contribution in [0.25, 0.3) is 32.9 Å². The van der Waals surface area contributed by atoms with Gasteiger partial charge in [0.2, 0.25) is 0 Å². The lowest BCUT2D eigenvalue weighted by Crippen LogP contribution is -2.51. The van der Waals surface area contributed by atoms with Crippen molar-refractivity contribution in [3.05, 3.63) is 148 Å². The second-order valence-electron chi connectivity index (χ2n) is 23.3. The highest BCUT2D eigenvalue weighted by Crippen LogP contribution is 2.50. The van der Waals surface area contributed by atoms with Crippen molar-refractivity contribution >= 4 is 56.4 Å². The lowest BCUT2D eigenvalue weighted by atomic mass is 9.36. The maximum Gasteiger partial charge on any atom is 0.287 e. The molecule has 0 amide bonds. The zero-order valence-corrected chi connectivity index (χ0v) is 41.0. The van der Waals surface area contributed by atoms with Gasteiger partial charge in [0.1, 0.15) is 16.7 Å². The SMILES string of the molecule is CC1=CC(Nc2ccc(C(C)(C)C)c3oc4ccccc4c23)=C(B(c2ccccc2)c2cc3cc4c(cc3o2)C(C)(C)CCC4(C)C)C(NC/C=C\C2=C(C)C(C)(C)CCC2(C)C)C1. The van der Waals surface area contributed by atoms with Gasteiger partial charge in [0.05, 0.1) is 16.7 Å². The Bertz CT molecular complexity index is 2850. The van der Waals surface area contributed by atoms with E-state index in [0.29, 0.717) is 0 Å². The Morgan fingerprint density at radius 2 is 1.38 bits per heavy atom. The number of benzene rings is 4. The fourth-order valence-corrected chi connectivity index (χ4v) is 11.3. The first-order chi connectivity index (χ1) is 30.1. The Balaban J connectivity index is 1.23. The van der Waals surface area contributed by atoms with Gasteiger partial charge < -0.3 is 19.5 Å². The number of nitrogens with one attached hydrogen (secondary N) is 2. The van der Waals surface area contributed by atoms with Crippen molar-refractivity contribution in [1.82, 2.24) is 5.32 Å². The molecule has 1 unspecified atom stereocenters. The van der Waals surface area contributed by atoms with Gasteiger partial charge in [0.15, 0.2) is 0 Å². The largest absolute Gasteiger partial charge is 0.470 e. The second kappa shape index (κ2) is 15.9. The van der Waals surface area contributed by atoms with Crippen LogP contribution in [0.4, 0.5) is 5.69 Å². The Kier molecular flexibility index (Phi) is 11.0. The van der Waals surface area contributed by atoms with Crippen molar-refractivity contribution < 1.29 is 8.83 Å². The molecule has 332 valence electrons. The summed E-state index contributed by atoms with van der Waals surface area (Å²) in [4.78, 5) is 0. The first-order valence-electron chi connectivity index (χ1n) is 24.0. The average molecular weight is 851 g/mol. The second-order valence-corrected chi connectivity index (χ2v) is 23.3. The van der Waals surface area contributed by atoms with Crippen molar-refractivity contribution in [1.29, 1.82) is 0 Å². The molecule has 4 aromatic carbocycles. The molecular formula is C59H71BN2O2. The van der Waals surface area contributed by atoms with Gasteiger partial charge in [-0.2, -0.15) is 0 Å². The molecule has 2 heterocycles. The Morgan fingerprint density at radius 3 is 2.09 bits per heavy atom. The van der Waals surface area contributed by atoms with E-state index in [2.05, 4.69) is 204 Å². The predicted molar refractivity (Wildman–Crippen MR) is 275 cm³/mol. The Labute approximate surface area is 383 Å².